The zero-order chi connectivity index (χ0) is 22.2. The molecule has 162 valence electrons. The van der Waals surface area contributed by atoms with Crippen molar-refractivity contribution in [2.45, 2.75) is 37.2 Å². The number of carbonyl (C=O) groups excluding carboxylic acids is 1. The Morgan fingerprint density at radius 1 is 1.23 bits per heavy atom. The molecule has 0 aliphatic heterocycles. The minimum Gasteiger partial charge on any atom is -0.459 e. The second-order valence-corrected chi connectivity index (χ2v) is 9.27. The summed E-state index contributed by atoms with van der Waals surface area (Å²) in [5, 5.41) is 11.4. The van der Waals surface area contributed by atoms with Gasteiger partial charge in [0.1, 0.15) is 11.3 Å². The molecule has 0 aliphatic carbocycles. The lowest BCUT2D eigenvalue weighted by Crippen LogP contribution is -2.32. The molecule has 0 saturated heterocycles. The molecule has 4 rings (SSSR count). The minimum atomic E-state index is -3.87. The number of nitrogens with zero attached hydrogens (tertiary/aromatic N) is 1. The van der Waals surface area contributed by atoms with Crippen molar-refractivity contribution in [3.8, 4) is 0 Å². The van der Waals surface area contributed by atoms with Gasteiger partial charge >= 0.3 is 0 Å². The number of furan rings is 1. The van der Waals surface area contributed by atoms with E-state index in [0.717, 1.165) is 16.3 Å². The van der Waals surface area contributed by atoms with Gasteiger partial charge in [0.05, 0.1) is 22.7 Å². The largest absolute Gasteiger partial charge is 0.459 e. The Morgan fingerprint density at radius 2 is 1.97 bits per heavy atom. The Hall–Kier alpha value is -3.21. The van der Waals surface area contributed by atoms with E-state index in [9.17, 15) is 13.2 Å². The van der Waals surface area contributed by atoms with Gasteiger partial charge in [0, 0.05) is 29.4 Å². The predicted molar refractivity (Wildman–Crippen MR) is 118 cm³/mol. The standard InChI is InChI=1S/C21H23N5O4S/c1-12(22)9-18(20-10-17-19(30-20)8-3-14-11-23-25-21(14)17)26-31(28,29)16-6-4-15(5-7-16)24-13(2)27/h3-8,10-12,18,26H,9,22H2,1-2H3,(H,23,25)(H,24,27). The smallest absolute Gasteiger partial charge is 0.241 e. The molecule has 0 saturated carbocycles. The molecule has 2 heterocycles. The van der Waals surface area contributed by atoms with Crippen LogP contribution in [-0.4, -0.2) is 30.6 Å². The van der Waals surface area contributed by atoms with Crippen molar-refractivity contribution < 1.29 is 17.6 Å². The molecule has 0 aliphatic rings. The molecular formula is C21H23N5O4S. The number of nitrogens with one attached hydrogen (secondary N) is 3. The maximum absolute atomic E-state index is 13.0. The molecule has 0 spiro atoms. The van der Waals surface area contributed by atoms with E-state index in [4.69, 9.17) is 10.2 Å². The third-order valence-corrected chi connectivity index (χ3v) is 6.35. The van der Waals surface area contributed by atoms with E-state index >= 15 is 0 Å². The van der Waals surface area contributed by atoms with Crippen molar-refractivity contribution in [1.82, 2.24) is 14.9 Å². The van der Waals surface area contributed by atoms with Crippen molar-refractivity contribution in [3.05, 3.63) is 54.4 Å². The molecule has 31 heavy (non-hydrogen) atoms. The Kier molecular flexibility index (Phi) is 5.52. The summed E-state index contributed by atoms with van der Waals surface area (Å²) in [5.74, 6) is 0.231. The molecule has 10 heteroatoms. The monoisotopic (exact) mass is 441 g/mol. The molecule has 9 nitrogen and oxygen atoms in total. The number of rotatable bonds is 7. The summed E-state index contributed by atoms with van der Waals surface area (Å²) in [6.45, 7) is 3.19. The van der Waals surface area contributed by atoms with E-state index in [2.05, 4.69) is 20.2 Å². The van der Waals surface area contributed by atoms with Crippen molar-refractivity contribution in [1.29, 1.82) is 0 Å². The fourth-order valence-corrected chi connectivity index (χ4v) is 4.71. The van der Waals surface area contributed by atoms with Crippen LogP contribution in [0.1, 0.15) is 32.1 Å². The van der Waals surface area contributed by atoms with Crippen LogP contribution in [-0.2, 0) is 14.8 Å². The lowest BCUT2D eigenvalue weighted by atomic mass is 10.1. The summed E-state index contributed by atoms with van der Waals surface area (Å²) < 4.78 is 34.7. The van der Waals surface area contributed by atoms with Crippen LogP contribution in [0.25, 0.3) is 21.9 Å². The molecule has 4 aromatic rings. The summed E-state index contributed by atoms with van der Waals surface area (Å²) in [6.07, 6.45) is 2.06. The van der Waals surface area contributed by atoms with E-state index < -0.39 is 16.1 Å². The molecule has 2 aromatic heterocycles. The maximum atomic E-state index is 13.0. The van der Waals surface area contributed by atoms with Gasteiger partial charge in [-0.25, -0.2) is 13.1 Å². The Bertz CT molecular complexity index is 1340. The molecule has 0 fully saturated rings. The topological polar surface area (TPSA) is 143 Å². The summed E-state index contributed by atoms with van der Waals surface area (Å²) in [6, 6.07) is 10.5. The van der Waals surface area contributed by atoms with E-state index in [1.807, 2.05) is 18.2 Å². The zero-order valence-electron chi connectivity index (χ0n) is 17.0. The SMILES string of the molecule is CC(=O)Nc1ccc(S(=O)(=O)NC(CC(C)N)c2cc3c(ccc4cn[nH]c43)o2)cc1. The quantitative estimate of drug-likeness (QED) is 0.347. The number of carbonyl (C=O) groups is 1. The van der Waals surface area contributed by atoms with Crippen molar-refractivity contribution >= 4 is 43.5 Å². The fraction of sp³-hybridized carbons (Fsp3) is 0.238. The van der Waals surface area contributed by atoms with Gasteiger partial charge in [-0.3, -0.25) is 9.89 Å². The first-order valence-electron chi connectivity index (χ1n) is 9.74. The normalized spacial score (nSPS) is 14.0. The van der Waals surface area contributed by atoms with Crippen LogP contribution in [0.3, 0.4) is 0 Å². The molecule has 2 aromatic carbocycles. The van der Waals surface area contributed by atoms with E-state index in [1.165, 1.54) is 31.2 Å². The number of nitrogens with two attached hydrogens (primary N) is 1. The van der Waals surface area contributed by atoms with Crippen molar-refractivity contribution in [2.75, 3.05) is 5.32 Å². The zero-order valence-corrected chi connectivity index (χ0v) is 17.9. The van der Waals surface area contributed by atoms with Crippen LogP contribution in [0, 0.1) is 0 Å². The molecule has 1 amide bonds. The Balaban J connectivity index is 1.66. The number of amides is 1. The summed E-state index contributed by atoms with van der Waals surface area (Å²) >= 11 is 0. The molecule has 2 unspecified atom stereocenters. The van der Waals surface area contributed by atoms with Crippen LogP contribution in [0.2, 0.25) is 0 Å². The third kappa shape index (κ3) is 4.46. The second-order valence-electron chi connectivity index (χ2n) is 7.55. The minimum absolute atomic E-state index is 0.0725. The summed E-state index contributed by atoms with van der Waals surface area (Å²) in [4.78, 5) is 11.2. The van der Waals surface area contributed by atoms with E-state index in [0.29, 0.717) is 23.5 Å². The number of fused-ring (bicyclic) bond motifs is 3. The lowest BCUT2D eigenvalue weighted by molar-refractivity contribution is -0.114. The van der Waals surface area contributed by atoms with Gasteiger partial charge in [-0.2, -0.15) is 5.10 Å². The first-order chi connectivity index (χ1) is 14.7. The van der Waals surface area contributed by atoms with E-state index in [1.54, 1.807) is 13.1 Å². The van der Waals surface area contributed by atoms with Crippen LogP contribution < -0.4 is 15.8 Å². The van der Waals surface area contributed by atoms with E-state index in [-0.39, 0.29) is 16.8 Å². The van der Waals surface area contributed by atoms with Crippen LogP contribution >= 0.6 is 0 Å². The summed E-state index contributed by atoms with van der Waals surface area (Å²) in [5.41, 5.74) is 7.95. The second kappa shape index (κ2) is 8.14. The van der Waals surface area contributed by atoms with Gasteiger partial charge in [0.2, 0.25) is 15.9 Å². The first kappa shape index (κ1) is 21.0. The number of hydrogen-bond donors (Lipinski definition) is 4. The number of aromatic amines is 1. The van der Waals surface area contributed by atoms with Gasteiger partial charge in [-0.05, 0) is 55.8 Å². The number of hydrogen-bond acceptors (Lipinski definition) is 6. The highest BCUT2D eigenvalue weighted by Gasteiger charge is 2.26. The first-order valence-corrected chi connectivity index (χ1v) is 11.2. The number of benzene rings is 2. The highest BCUT2D eigenvalue weighted by atomic mass is 32.2. The van der Waals surface area contributed by atoms with Gasteiger partial charge in [0.15, 0.2) is 0 Å². The van der Waals surface area contributed by atoms with Gasteiger partial charge in [-0.1, -0.05) is 0 Å². The van der Waals surface area contributed by atoms with Crippen LogP contribution in [0.15, 0.2) is 58.0 Å². The Morgan fingerprint density at radius 3 is 2.65 bits per heavy atom. The molecule has 2 atom stereocenters. The fourth-order valence-electron chi connectivity index (χ4n) is 3.49. The molecule has 0 radical (unpaired) electrons. The highest BCUT2D eigenvalue weighted by molar-refractivity contribution is 7.89. The van der Waals surface area contributed by atoms with Crippen molar-refractivity contribution in [2.24, 2.45) is 5.73 Å². The molecule has 0 bridgehead atoms. The molecule has 5 N–H and O–H groups in total. The summed E-state index contributed by atoms with van der Waals surface area (Å²) in [7, 11) is -3.87. The van der Waals surface area contributed by atoms with Gasteiger partial charge in [-0.15, -0.1) is 0 Å². The molecular weight excluding hydrogens is 418 g/mol. The van der Waals surface area contributed by atoms with Crippen molar-refractivity contribution in [3.63, 3.8) is 0 Å². The number of sulfonamides is 1. The third-order valence-electron chi connectivity index (χ3n) is 4.87. The van der Waals surface area contributed by atoms with Gasteiger partial charge in [0.25, 0.3) is 0 Å². The van der Waals surface area contributed by atoms with Gasteiger partial charge < -0.3 is 15.5 Å². The Labute approximate surface area is 179 Å². The lowest BCUT2D eigenvalue weighted by Gasteiger charge is -2.19. The highest BCUT2D eigenvalue weighted by Crippen LogP contribution is 2.31. The maximum Gasteiger partial charge on any atom is 0.241 e. The van der Waals surface area contributed by atoms with Crippen LogP contribution in [0.4, 0.5) is 5.69 Å². The number of aromatic nitrogens is 2. The predicted octanol–water partition coefficient (Wildman–Crippen LogP) is 3.02. The number of H-pyrrole nitrogens is 1. The van der Waals surface area contributed by atoms with Crippen LogP contribution in [0.5, 0.6) is 0 Å². The average molecular weight is 442 g/mol. The number of anilines is 1. The average Bonchev–Trinajstić information content (AvgIpc) is 3.33.